The van der Waals surface area contributed by atoms with E-state index in [0.29, 0.717) is 12.5 Å². The van der Waals surface area contributed by atoms with Crippen LogP contribution in [-0.2, 0) is 9.53 Å². The molecule has 1 N–H and O–H groups in total. The van der Waals surface area contributed by atoms with E-state index in [1.54, 1.807) is 4.90 Å². The summed E-state index contributed by atoms with van der Waals surface area (Å²) in [6.45, 7) is 9.70. The molecule has 8 nitrogen and oxygen atoms in total. The molecule has 1 saturated carbocycles. The van der Waals surface area contributed by atoms with E-state index in [0.717, 1.165) is 68.9 Å². The highest BCUT2D eigenvalue weighted by Gasteiger charge is 2.35. The number of imidazole rings is 1. The molecule has 2 aromatic rings. The quantitative estimate of drug-likeness (QED) is 0.649. The van der Waals surface area contributed by atoms with Gasteiger partial charge in [-0.1, -0.05) is 25.0 Å². The van der Waals surface area contributed by atoms with Crippen LogP contribution >= 0.6 is 0 Å². The summed E-state index contributed by atoms with van der Waals surface area (Å²) in [5, 5.41) is 0. The predicted molar refractivity (Wildman–Crippen MR) is 140 cm³/mol. The standard InChI is InChI=1S/C28H39N5O3/c1-28(2,3)36-27(35)33-14-6-9-24(33)25-29-19-23(30-25)20-10-12-22(13-11-20)31-15-17-32(18-16-31)26(34)21-7-4-5-8-21/h10-13,19,21,24H,4-9,14-18H2,1-3H3,(H,29,30). The van der Waals surface area contributed by atoms with Gasteiger partial charge in [0.1, 0.15) is 11.4 Å². The van der Waals surface area contributed by atoms with Crippen molar-refractivity contribution < 1.29 is 14.3 Å². The first-order chi connectivity index (χ1) is 17.3. The van der Waals surface area contributed by atoms with Crippen LogP contribution in [-0.4, -0.2) is 70.1 Å². The Bertz CT molecular complexity index is 1060. The number of aromatic amines is 1. The zero-order chi connectivity index (χ0) is 25.3. The van der Waals surface area contributed by atoms with Crippen molar-refractivity contribution in [3.63, 3.8) is 0 Å². The Hall–Kier alpha value is -3.03. The van der Waals surface area contributed by atoms with E-state index in [1.807, 2.05) is 27.0 Å². The molecule has 1 aromatic heterocycles. The maximum Gasteiger partial charge on any atom is 0.410 e. The van der Waals surface area contributed by atoms with Gasteiger partial charge in [0, 0.05) is 44.3 Å². The summed E-state index contributed by atoms with van der Waals surface area (Å²) in [6, 6.07) is 8.43. The van der Waals surface area contributed by atoms with Crippen LogP contribution < -0.4 is 4.90 Å². The first kappa shape index (κ1) is 24.7. The number of nitrogens with one attached hydrogen (secondary N) is 1. The minimum atomic E-state index is -0.515. The van der Waals surface area contributed by atoms with Gasteiger partial charge in [-0.05, 0) is 64.2 Å². The Labute approximate surface area is 214 Å². The zero-order valence-electron chi connectivity index (χ0n) is 21.8. The van der Waals surface area contributed by atoms with Gasteiger partial charge in [0.05, 0.1) is 17.9 Å². The number of carbonyl (C=O) groups excluding carboxylic acids is 2. The summed E-state index contributed by atoms with van der Waals surface area (Å²) in [5.41, 5.74) is 2.67. The van der Waals surface area contributed by atoms with E-state index in [2.05, 4.69) is 44.0 Å². The van der Waals surface area contributed by atoms with Crippen molar-refractivity contribution in [2.75, 3.05) is 37.6 Å². The molecule has 3 heterocycles. The summed E-state index contributed by atoms with van der Waals surface area (Å²) in [5.74, 6) is 1.43. The number of H-pyrrole nitrogens is 1. The van der Waals surface area contributed by atoms with Crippen molar-refractivity contribution in [3.05, 3.63) is 36.3 Å². The molecule has 194 valence electrons. The highest BCUT2D eigenvalue weighted by atomic mass is 16.6. The minimum Gasteiger partial charge on any atom is -0.444 e. The number of benzene rings is 1. The highest BCUT2D eigenvalue weighted by Crippen LogP contribution is 2.33. The second-order valence-corrected chi connectivity index (χ2v) is 11.4. The van der Waals surface area contributed by atoms with E-state index >= 15 is 0 Å². The fourth-order valence-corrected chi connectivity index (χ4v) is 5.71. The third-order valence-electron chi connectivity index (χ3n) is 7.63. The largest absolute Gasteiger partial charge is 0.444 e. The first-order valence-electron chi connectivity index (χ1n) is 13.5. The number of rotatable bonds is 4. The first-order valence-corrected chi connectivity index (χ1v) is 13.5. The molecule has 0 bridgehead atoms. The molecule has 2 saturated heterocycles. The second-order valence-electron chi connectivity index (χ2n) is 11.4. The molecule has 0 radical (unpaired) electrons. The molecule has 2 amide bonds. The molecule has 5 rings (SSSR count). The van der Waals surface area contributed by atoms with E-state index in [1.165, 1.54) is 18.5 Å². The van der Waals surface area contributed by atoms with Gasteiger partial charge in [-0.3, -0.25) is 9.69 Å². The third kappa shape index (κ3) is 5.37. The molecule has 8 heteroatoms. The van der Waals surface area contributed by atoms with Gasteiger partial charge in [0.2, 0.25) is 5.91 Å². The summed E-state index contributed by atoms with van der Waals surface area (Å²) >= 11 is 0. The molecule has 1 aromatic carbocycles. The SMILES string of the molecule is CC(C)(C)OC(=O)N1CCCC1c1ncc(-c2ccc(N3CCN(C(=O)C4CCCC4)CC3)cc2)[nH]1. The summed E-state index contributed by atoms with van der Waals surface area (Å²) < 4.78 is 5.60. The van der Waals surface area contributed by atoms with Crippen LogP contribution in [0.5, 0.6) is 0 Å². The molecule has 3 fully saturated rings. The monoisotopic (exact) mass is 493 g/mol. The lowest BCUT2D eigenvalue weighted by Gasteiger charge is -2.37. The molecular weight excluding hydrogens is 454 g/mol. The Morgan fingerprint density at radius 3 is 2.31 bits per heavy atom. The number of ether oxygens (including phenoxy) is 1. The highest BCUT2D eigenvalue weighted by molar-refractivity contribution is 5.79. The Kier molecular flexibility index (Phi) is 6.95. The van der Waals surface area contributed by atoms with Gasteiger partial charge in [0.15, 0.2) is 0 Å². The van der Waals surface area contributed by atoms with Crippen LogP contribution in [0.15, 0.2) is 30.5 Å². The van der Waals surface area contributed by atoms with Crippen molar-refractivity contribution >= 4 is 17.7 Å². The Morgan fingerprint density at radius 2 is 1.64 bits per heavy atom. The number of hydrogen-bond donors (Lipinski definition) is 1. The van der Waals surface area contributed by atoms with Gasteiger partial charge < -0.3 is 19.5 Å². The number of likely N-dealkylation sites (tertiary alicyclic amines) is 1. The fraction of sp³-hybridized carbons (Fsp3) is 0.607. The number of hydrogen-bond acceptors (Lipinski definition) is 5. The summed E-state index contributed by atoms with van der Waals surface area (Å²) in [4.78, 5) is 39.7. The van der Waals surface area contributed by atoms with Gasteiger partial charge in [0.25, 0.3) is 0 Å². The summed E-state index contributed by atoms with van der Waals surface area (Å²) in [7, 11) is 0. The number of amides is 2. The van der Waals surface area contributed by atoms with E-state index < -0.39 is 5.60 Å². The lowest BCUT2D eigenvalue weighted by molar-refractivity contribution is -0.135. The molecule has 0 spiro atoms. The van der Waals surface area contributed by atoms with Gasteiger partial charge in [-0.25, -0.2) is 9.78 Å². The van der Waals surface area contributed by atoms with E-state index in [4.69, 9.17) is 4.74 Å². The Morgan fingerprint density at radius 1 is 0.944 bits per heavy atom. The van der Waals surface area contributed by atoms with Crippen LogP contribution in [0.3, 0.4) is 0 Å². The molecular formula is C28H39N5O3. The number of piperazine rings is 1. The van der Waals surface area contributed by atoms with Gasteiger partial charge in [-0.15, -0.1) is 0 Å². The number of aromatic nitrogens is 2. The van der Waals surface area contributed by atoms with Crippen molar-refractivity contribution in [1.29, 1.82) is 0 Å². The van der Waals surface area contributed by atoms with Gasteiger partial charge >= 0.3 is 6.09 Å². The van der Waals surface area contributed by atoms with Crippen molar-refractivity contribution in [1.82, 2.24) is 19.8 Å². The Balaban J connectivity index is 1.19. The minimum absolute atomic E-state index is 0.0869. The number of anilines is 1. The number of nitrogens with zero attached hydrogens (tertiary/aromatic N) is 4. The number of carbonyl (C=O) groups is 2. The van der Waals surface area contributed by atoms with Gasteiger partial charge in [-0.2, -0.15) is 0 Å². The van der Waals surface area contributed by atoms with Crippen LogP contribution in [0.2, 0.25) is 0 Å². The fourth-order valence-electron chi connectivity index (χ4n) is 5.71. The summed E-state index contributed by atoms with van der Waals surface area (Å²) in [6.07, 6.45) is 7.91. The molecule has 1 aliphatic carbocycles. The normalized spacial score (nSPS) is 21.3. The van der Waals surface area contributed by atoms with Crippen molar-refractivity contribution in [2.45, 2.75) is 70.9 Å². The average Bonchev–Trinajstić information content (AvgIpc) is 3.64. The average molecular weight is 494 g/mol. The molecule has 3 aliphatic rings. The lowest BCUT2D eigenvalue weighted by Crippen LogP contribution is -2.50. The lowest BCUT2D eigenvalue weighted by atomic mass is 10.1. The smallest absolute Gasteiger partial charge is 0.410 e. The molecule has 36 heavy (non-hydrogen) atoms. The van der Waals surface area contributed by atoms with E-state index in [-0.39, 0.29) is 18.1 Å². The topological polar surface area (TPSA) is 81.8 Å². The second kappa shape index (κ2) is 10.1. The van der Waals surface area contributed by atoms with Crippen LogP contribution in [0.1, 0.15) is 71.2 Å². The molecule has 1 atom stereocenters. The van der Waals surface area contributed by atoms with E-state index in [9.17, 15) is 9.59 Å². The van der Waals surface area contributed by atoms with Crippen LogP contribution in [0.25, 0.3) is 11.3 Å². The molecule has 2 aliphatic heterocycles. The maximum atomic E-state index is 12.7. The van der Waals surface area contributed by atoms with Crippen molar-refractivity contribution in [2.24, 2.45) is 5.92 Å². The maximum absolute atomic E-state index is 12.7. The molecule has 1 unspecified atom stereocenters. The van der Waals surface area contributed by atoms with Crippen molar-refractivity contribution in [3.8, 4) is 11.3 Å². The van der Waals surface area contributed by atoms with Crippen LogP contribution in [0.4, 0.5) is 10.5 Å². The third-order valence-corrected chi connectivity index (χ3v) is 7.63. The van der Waals surface area contributed by atoms with Crippen LogP contribution in [0, 0.1) is 5.92 Å². The predicted octanol–water partition coefficient (Wildman–Crippen LogP) is 4.99. The zero-order valence-corrected chi connectivity index (χ0v) is 21.8.